The van der Waals surface area contributed by atoms with E-state index in [0.717, 1.165) is 0 Å². The van der Waals surface area contributed by atoms with Crippen LogP contribution in [0.4, 0.5) is 4.39 Å². The van der Waals surface area contributed by atoms with Gasteiger partial charge < -0.3 is 14.0 Å². The molecule has 0 spiro atoms. The van der Waals surface area contributed by atoms with Crippen molar-refractivity contribution in [3.05, 3.63) is 59.7 Å². The van der Waals surface area contributed by atoms with Crippen LogP contribution in [-0.4, -0.2) is 23.5 Å². The van der Waals surface area contributed by atoms with E-state index in [4.69, 9.17) is 14.0 Å². The van der Waals surface area contributed by atoms with E-state index in [1.54, 1.807) is 30.3 Å². The highest BCUT2D eigenvalue weighted by molar-refractivity contribution is 5.80. The van der Waals surface area contributed by atoms with Gasteiger partial charge in [-0.1, -0.05) is 5.16 Å². The van der Waals surface area contributed by atoms with Gasteiger partial charge in [-0.25, -0.2) is 4.39 Å². The Labute approximate surface area is 136 Å². The quantitative estimate of drug-likeness (QED) is 0.647. The summed E-state index contributed by atoms with van der Waals surface area (Å²) in [5.41, 5.74) is 0.983. The highest BCUT2D eigenvalue weighted by atomic mass is 19.1. The number of aromatic nitrogens is 2. The molecule has 0 amide bonds. The van der Waals surface area contributed by atoms with E-state index in [9.17, 15) is 9.18 Å². The van der Waals surface area contributed by atoms with Crippen molar-refractivity contribution >= 4 is 6.29 Å². The zero-order valence-electron chi connectivity index (χ0n) is 12.7. The first kappa shape index (κ1) is 15.7. The molecule has 0 unspecified atom stereocenters. The molecule has 2 aromatic carbocycles. The second-order valence-corrected chi connectivity index (χ2v) is 4.83. The van der Waals surface area contributed by atoms with Gasteiger partial charge in [0.15, 0.2) is 12.9 Å². The number of nitrogens with zero attached hydrogens (tertiary/aromatic N) is 2. The Morgan fingerprint density at radius 2 is 2.00 bits per heavy atom. The SMILES string of the molecule is COc1ccc(OCc2nc(-c3ccc(F)cc3)no2)c(C=O)c1. The molecule has 0 aliphatic carbocycles. The summed E-state index contributed by atoms with van der Waals surface area (Å²) in [6.07, 6.45) is 0.676. The molecule has 0 N–H and O–H groups in total. The van der Waals surface area contributed by atoms with Gasteiger partial charge in [-0.15, -0.1) is 0 Å². The minimum atomic E-state index is -0.341. The first-order chi connectivity index (χ1) is 11.7. The molecule has 1 aromatic heterocycles. The first-order valence-electron chi connectivity index (χ1n) is 7.04. The summed E-state index contributed by atoms with van der Waals surface area (Å²) in [6, 6.07) is 10.6. The van der Waals surface area contributed by atoms with Crippen LogP contribution in [0.5, 0.6) is 11.5 Å². The molecule has 0 aliphatic rings. The van der Waals surface area contributed by atoms with Gasteiger partial charge in [0.2, 0.25) is 5.82 Å². The predicted octanol–water partition coefficient (Wildman–Crippen LogP) is 3.28. The standard InChI is InChI=1S/C17H13FN2O4/c1-22-14-6-7-15(12(8-14)9-21)23-10-16-19-17(20-24-16)11-2-4-13(18)5-3-11/h2-9H,10H2,1H3. The van der Waals surface area contributed by atoms with E-state index >= 15 is 0 Å². The summed E-state index contributed by atoms with van der Waals surface area (Å²) >= 11 is 0. The van der Waals surface area contributed by atoms with Gasteiger partial charge in [-0.05, 0) is 42.5 Å². The summed E-state index contributed by atoms with van der Waals surface area (Å²) < 4.78 is 28.6. The van der Waals surface area contributed by atoms with Crippen molar-refractivity contribution in [3.8, 4) is 22.9 Å². The Morgan fingerprint density at radius 1 is 1.21 bits per heavy atom. The molecule has 24 heavy (non-hydrogen) atoms. The molecule has 3 rings (SSSR count). The van der Waals surface area contributed by atoms with Gasteiger partial charge in [0.05, 0.1) is 12.7 Å². The second-order valence-electron chi connectivity index (χ2n) is 4.83. The Balaban J connectivity index is 1.72. The van der Waals surface area contributed by atoms with Crippen LogP contribution in [-0.2, 0) is 6.61 Å². The van der Waals surface area contributed by atoms with E-state index in [1.807, 2.05) is 0 Å². The predicted molar refractivity (Wildman–Crippen MR) is 82.4 cm³/mol. The number of halogens is 1. The molecule has 3 aromatic rings. The first-order valence-corrected chi connectivity index (χ1v) is 7.04. The van der Waals surface area contributed by atoms with Crippen molar-refractivity contribution in [2.45, 2.75) is 6.61 Å². The molecule has 0 aliphatic heterocycles. The van der Waals surface area contributed by atoms with Crippen LogP contribution in [0.15, 0.2) is 47.0 Å². The maximum Gasteiger partial charge on any atom is 0.264 e. The van der Waals surface area contributed by atoms with E-state index in [1.165, 1.54) is 19.2 Å². The molecular formula is C17H13FN2O4. The summed E-state index contributed by atoms with van der Waals surface area (Å²) in [4.78, 5) is 15.3. The molecule has 0 fully saturated rings. The third-order valence-corrected chi connectivity index (χ3v) is 3.27. The summed E-state index contributed by atoms with van der Waals surface area (Å²) in [5, 5.41) is 3.82. The van der Waals surface area contributed by atoms with Crippen molar-refractivity contribution in [2.75, 3.05) is 7.11 Å². The smallest absolute Gasteiger partial charge is 0.264 e. The number of hydrogen-bond donors (Lipinski definition) is 0. The topological polar surface area (TPSA) is 74.5 Å². The van der Waals surface area contributed by atoms with Crippen LogP contribution in [0.2, 0.25) is 0 Å². The number of methoxy groups -OCH3 is 1. The van der Waals surface area contributed by atoms with Gasteiger partial charge in [0.25, 0.3) is 5.89 Å². The van der Waals surface area contributed by atoms with Crippen molar-refractivity contribution < 1.29 is 23.2 Å². The van der Waals surface area contributed by atoms with Gasteiger partial charge in [-0.3, -0.25) is 4.79 Å². The summed E-state index contributed by atoms with van der Waals surface area (Å²) in [6.45, 7) is 0.00135. The van der Waals surface area contributed by atoms with Crippen LogP contribution in [0.1, 0.15) is 16.2 Å². The zero-order chi connectivity index (χ0) is 16.9. The number of carbonyl (C=O) groups is 1. The molecule has 0 atom stereocenters. The average Bonchev–Trinajstić information content (AvgIpc) is 3.09. The van der Waals surface area contributed by atoms with Gasteiger partial charge >= 0.3 is 0 Å². The molecule has 7 heteroatoms. The lowest BCUT2D eigenvalue weighted by molar-refractivity contribution is 0.111. The minimum Gasteiger partial charge on any atom is -0.497 e. The lowest BCUT2D eigenvalue weighted by Crippen LogP contribution is -1.99. The number of hydrogen-bond acceptors (Lipinski definition) is 6. The second kappa shape index (κ2) is 6.91. The average molecular weight is 328 g/mol. The molecule has 0 saturated heterocycles. The molecule has 0 saturated carbocycles. The van der Waals surface area contributed by atoms with E-state index in [0.29, 0.717) is 34.7 Å². The molecule has 1 heterocycles. The normalized spacial score (nSPS) is 10.4. The minimum absolute atomic E-state index is 0.00135. The molecular weight excluding hydrogens is 315 g/mol. The van der Waals surface area contributed by atoms with Crippen molar-refractivity contribution in [1.82, 2.24) is 10.1 Å². The van der Waals surface area contributed by atoms with Crippen molar-refractivity contribution in [1.29, 1.82) is 0 Å². The largest absolute Gasteiger partial charge is 0.497 e. The number of aldehydes is 1. The summed E-state index contributed by atoms with van der Waals surface area (Å²) in [7, 11) is 1.51. The van der Waals surface area contributed by atoms with Crippen LogP contribution >= 0.6 is 0 Å². The Bertz CT molecular complexity index is 846. The van der Waals surface area contributed by atoms with Crippen LogP contribution < -0.4 is 9.47 Å². The van der Waals surface area contributed by atoms with Gasteiger partial charge in [-0.2, -0.15) is 4.98 Å². The van der Waals surface area contributed by atoms with Crippen molar-refractivity contribution in [3.63, 3.8) is 0 Å². The maximum atomic E-state index is 12.9. The molecule has 6 nitrogen and oxygen atoms in total. The van der Waals surface area contributed by atoms with Crippen LogP contribution in [0, 0.1) is 5.82 Å². The van der Waals surface area contributed by atoms with Crippen LogP contribution in [0.3, 0.4) is 0 Å². The fraction of sp³-hybridized carbons (Fsp3) is 0.118. The maximum absolute atomic E-state index is 12.9. The number of benzene rings is 2. The fourth-order valence-electron chi connectivity index (χ4n) is 2.05. The van der Waals surface area contributed by atoms with Crippen molar-refractivity contribution in [2.24, 2.45) is 0 Å². The van der Waals surface area contributed by atoms with E-state index in [-0.39, 0.29) is 18.3 Å². The van der Waals surface area contributed by atoms with E-state index < -0.39 is 0 Å². The van der Waals surface area contributed by atoms with E-state index in [2.05, 4.69) is 10.1 Å². The fourth-order valence-corrected chi connectivity index (χ4v) is 2.05. The Morgan fingerprint density at radius 3 is 2.71 bits per heavy atom. The van der Waals surface area contributed by atoms with Crippen LogP contribution in [0.25, 0.3) is 11.4 Å². The monoisotopic (exact) mass is 328 g/mol. The molecule has 0 radical (unpaired) electrons. The Kier molecular flexibility index (Phi) is 4.51. The summed E-state index contributed by atoms with van der Waals surface area (Å²) in [5.74, 6) is 1.17. The molecule has 0 bridgehead atoms. The number of carbonyl (C=O) groups excluding carboxylic acids is 1. The van der Waals surface area contributed by atoms with Gasteiger partial charge in [0, 0.05) is 5.56 Å². The number of rotatable bonds is 6. The van der Waals surface area contributed by atoms with Gasteiger partial charge in [0.1, 0.15) is 17.3 Å². The third-order valence-electron chi connectivity index (χ3n) is 3.27. The molecule has 122 valence electrons. The Hall–Kier alpha value is -3.22. The highest BCUT2D eigenvalue weighted by Gasteiger charge is 2.11. The third kappa shape index (κ3) is 3.40. The lowest BCUT2D eigenvalue weighted by atomic mass is 10.2. The zero-order valence-corrected chi connectivity index (χ0v) is 12.7. The highest BCUT2D eigenvalue weighted by Crippen LogP contribution is 2.24. The lowest BCUT2D eigenvalue weighted by Gasteiger charge is -2.07. The number of ether oxygens (including phenoxy) is 2.